The van der Waals surface area contributed by atoms with Gasteiger partial charge in [-0.15, -0.1) is 0 Å². The van der Waals surface area contributed by atoms with E-state index in [9.17, 15) is 4.21 Å². The third-order valence-corrected chi connectivity index (χ3v) is 5.74. The number of amidine groups is 1. The summed E-state index contributed by atoms with van der Waals surface area (Å²) in [7, 11) is 0. The average molecular weight is 271 g/mol. The van der Waals surface area contributed by atoms with Crippen molar-refractivity contribution in [3.8, 4) is 0 Å². The van der Waals surface area contributed by atoms with Gasteiger partial charge >= 0.3 is 11.3 Å². The number of nitrogens with zero attached hydrogens (tertiary/aromatic N) is 1. The zero-order chi connectivity index (χ0) is 12.6. The van der Waals surface area contributed by atoms with Crippen LogP contribution in [0.1, 0.15) is 44.9 Å². The molecule has 5 nitrogen and oxygen atoms in total. The van der Waals surface area contributed by atoms with Crippen LogP contribution in [0.15, 0.2) is 5.16 Å². The van der Waals surface area contributed by atoms with Crippen molar-refractivity contribution in [2.75, 3.05) is 6.54 Å². The Morgan fingerprint density at radius 2 is 1.94 bits per heavy atom. The van der Waals surface area contributed by atoms with Crippen molar-refractivity contribution in [1.29, 1.82) is 0 Å². The summed E-state index contributed by atoms with van der Waals surface area (Å²) in [6, 6.07) is 0. The maximum absolute atomic E-state index is 11.2. The Morgan fingerprint density at radius 3 is 2.39 bits per heavy atom. The van der Waals surface area contributed by atoms with Crippen molar-refractivity contribution in [2.45, 2.75) is 44.9 Å². The quantitative estimate of drug-likeness (QED) is 0.815. The van der Waals surface area contributed by atoms with Gasteiger partial charge in [-0.05, 0) is 49.5 Å². The summed E-state index contributed by atoms with van der Waals surface area (Å²) in [6.45, 7) is 0.704. The first-order chi connectivity index (χ1) is 8.74. The van der Waals surface area contributed by atoms with Gasteiger partial charge in [0.2, 0.25) is 0 Å². The van der Waals surface area contributed by atoms with Crippen LogP contribution in [0.5, 0.6) is 0 Å². The maximum Gasteiger partial charge on any atom is 0.338 e. The summed E-state index contributed by atoms with van der Waals surface area (Å²) in [6.07, 6.45) is 8.59. The van der Waals surface area contributed by atoms with E-state index in [4.69, 9.17) is 10.0 Å². The molecule has 102 valence electrons. The highest BCUT2D eigenvalue weighted by Crippen LogP contribution is 2.54. The van der Waals surface area contributed by atoms with Crippen molar-refractivity contribution in [2.24, 2.45) is 28.1 Å². The van der Waals surface area contributed by atoms with Crippen LogP contribution >= 0.6 is 0 Å². The molecule has 2 saturated carbocycles. The molecule has 0 aromatic heterocycles. The first kappa shape index (κ1) is 12.4. The lowest BCUT2D eigenvalue weighted by Crippen LogP contribution is -2.51. The lowest BCUT2D eigenvalue weighted by atomic mass is 9.53. The van der Waals surface area contributed by atoms with E-state index in [0.717, 1.165) is 12.3 Å². The van der Waals surface area contributed by atoms with E-state index in [-0.39, 0.29) is 5.41 Å². The molecule has 6 heteroatoms. The van der Waals surface area contributed by atoms with Crippen molar-refractivity contribution < 1.29 is 8.49 Å². The van der Waals surface area contributed by atoms with E-state index in [1.165, 1.54) is 38.5 Å². The van der Waals surface area contributed by atoms with Crippen LogP contribution in [0.25, 0.3) is 0 Å². The molecule has 2 bridgehead atoms. The van der Waals surface area contributed by atoms with Crippen molar-refractivity contribution in [3.05, 3.63) is 0 Å². The average Bonchev–Trinajstić information content (AvgIpc) is 2.74. The number of fused-ring (bicyclic) bond motifs is 2. The Kier molecular flexibility index (Phi) is 3.32. The van der Waals surface area contributed by atoms with Gasteiger partial charge in [-0.3, -0.25) is 9.01 Å². The molecular formula is C12H21N3O2S. The lowest BCUT2D eigenvalue weighted by molar-refractivity contribution is -0.00621. The maximum atomic E-state index is 11.2. The normalized spacial score (nSPS) is 42.9. The highest BCUT2D eigenvalue weighted by Gasteiger charge is 2.49. The van der Waals surface area contributed by atoms with Gasteiger partial charge in [0, 0.05) is 6.42 Å². The Hall–Kier alpha value is -0.620. The van der Waals surface area contributed by atoms with Gasteiger partial charge in [0.25, 0.3) is 0 Å². The summed E-state index contributed by atoms with van der Waals surface area (Å²) < 4.78 is 18.7. The summed E-state index contributed by atoms with van der Waals surface area (Å²) in [5.41, 5.74) is 6.29. The van der Waals surface area contributed by atoms with E-state index >= 15 is 0 Å². The predicted molar refractivity (Wildman–Crippen MR) is 70.6 cm³/mol. The molecule has 3 N–H and O–H groups in total. The number of hydrogen-bond donors (Lipinski definition) is 2. The summed E-state index contributed by atoms with van der Waals surface area (Å²) >= 11 is -1.48. The molecule has 0 spiro atoms. The second-order valence-corrected chi connectivity index (χ2v) is 6.64. The van der Waals surface area contributed by atoms with Gasteiger partial charge in [0.1, 0.15) is 0 Å². The SMILES string of the molecule is NCC1(CC2=NOS(=O)N2)C2CCCC1CCC2. The molecule has 0 aromatic carbocycles. The first-order valence-corrected chi connectivity index (χ1v) is 7.95. The Bertz CT molecular complexity index is 364. The highest BCUT2D eigenvalue weighted by atomic mass is 32.2. The van der Waals surface area contributed by atoms with Crippen LogP contribution in [-0.2, 0) is 15.6 Å². The second-order valence-electron chi connectivity index (χ2n) is 5.82. The van der Waals surface area contributed by atoms with Gasteiger partial charge in [-0.25, -0.2) is 0 Å². The van der Waals surface area contributed by atoms with E-state index in [0.29, 0.717) is 18.4 Å². The molecule has 0 amide bonds. The molecule has 1 aliphatic heterocycles. The van der Waals surface area contributed by atoms with E-state index in [2.05, 4.69) is 9.88 Å². The number of hydrogen-bond acceptors (Lipinski definition) is 4. The topological polar surface area (TPSA) is 76.7 Å². The number of nitrogens with one attached hydrogen (secondary N) is 1. The molecule has 2 fully saturated rings. The lowest BCUT2D eigenvalue weighted by Gasteiger charge is -2.52. The zero-order valence-corrected chi connectivity index (χ0v) is 11.4. The minimum absolute atomic E-state index is 0.153. The van der Waals surface area contributed by atoms with Crippen molar-refractivity contribution in [3.63, 3.8) is 0 Å². The highest BCUT2D eigenvalue weighted by molar-refractivity contribution is 7.79. The van der Waals surface area contributed by atoms with E-state index in [1.807, 2.05) is 0 Å². The van der Waals surface area contributed by atoms with E-state index < -0.39 is 11.3 Å². The van der Waals surface area contributed by atoms with Crippen molar-refractivity contribution >= 4 is 17.1 Å². The summed E-state index contributed by atoms with van der Waals surface area (Å²) in [4.78, 5) is 0. The fourth-order valence-corrected chi connectivity index (χ4v) is 4.78. The van der Waals surface area contributed by atoms with Gasteiger partial charge in [0.05, 0.1) is 0 Å². The molecule has 1 heterocycles. The van der Waals surface area contributed by atoms with Crippen molar-refractivity contribution in [1.82, 2.24) is 4.72 Å². The van der Waals surface area contributed by atoms with Gasteiger partial charge in [-0.1, -0.05) is 18.0 Å². The van der Waals surface area contributed by atoms with Crippen LogP contribution in [0.4, 0.5) is 0 Å². The number of rotatable bonds is 3. The molecule has 0 aromatic rings. The molecule has 18 heavy (non-hydrogen) atoms. The van der Waals surface area contributed by atoms with Gasteiger partial charge < -0.3 is 5.73 Å². The standard InChI is InChI=1S/C12H21N3O2S/c13-8-12(7-11-14-17-18(16)15-11)9-3-1-4-10(12)6-2-5-9/h9-10H,1-8,13H2,(H,14,15). The molecular weight excluding hydrogens is 250 g/mol. The molecule has 3 rings (SSSR count). The molecule has 0 radical (unpaired) electrons. The molecule has 1 atom stereocenters. The third-order valence-electron chi connectivity index (χ3n) is 5.13. The molecule has 0 saturated heterocycles. The number of nitrogens with two attached hydrogens (primary N) is 1. The van der Waals surface area contributed by atoms with Gasteiger partial charge in [-0.2, -0.15) is 4.21 Å². The van der Waals surface area contributed by atoms with Gasteiger partial charge in [0.15, 0.2) is 5.84 Å². The first-order valence-electron chi connectivity index (χ1n) is 6.87. The molecule has 3 aliphatic rings. The molecule has 1 unspecified atom stereocenters. The predicted octanol–water partition coefficient (Wildman–Crippen LogP) is 1.43. The van der Waals surface area contributed by atoms with Crippen LogP contribution in [-0.4, -0.2) is 16.6 Å². The van der Waals surface area contributed by atoms with E-state index in [1.54, 1.807) is 0 Å². The number of oxime groups is 1. The van der Waals surface area contributed by atoms with Crippen LogP contribution in [0, 0.1) is 17.3 Å². The zero-order valence-electron chi connectivity index (χ0n) is 10.6. The monoisotopic (exact) mass is 271 g/mol. The fraction of sp³-hybridized carbons (Fsp3) is 0.917. The minimum Gasteiger partial charge on any atom is -0.330 e. The van der Waals surface area contributed by atoms with Crippen LogP contribution < -0.4 is 10.5 Å². The second kappa shape index (κ2) is 4.81. The summed E-state index contributed by atoms with van der Waals surface area (Å²) in [5, 5.41) is 3.88. The fourth-order valence-electron chi connectivity index (χ4n) is 4.28. The van der Waals surface area contributed by atoms with Crippen LogP contribution in [0.3, 0.4) is 0 Å². The third kappa shape index (κ3) is 1.95. The van der Waals surface area contributed by atoms with Crippen LogP contribution in [0.2, 0.25) is 0 Å². The molecule has 2 aliphatic carbocycles. The smallest absolute Gasteiger partial charge is 0.330 e. The summed E-state index contributed by atoms with van der Waals surface area (Å²) in [5.74, 6) is 2.12. The Morgan fingerprint density at radius 1 is 1.33 bits per heavy atom. The Balaban J connectivity index is 1.82. The minimum atomic E-state index is -1.48. The Labute approximate surface area is 110 Å². The largest absolute Gasteiger partial charge is 0.338 e.